The van der Waals surface area contributed by atoms with Gasteiger partial charge < -0.3 is 15.8 Å². The summed E-state index contributed by atoms with van der Waals surface area (Å²) in [6.07, 6.45) is 0. The second-order valence-electron chi connectivity index (χ2n) is 5.09. The molecule has 0 saturated carbocycles. The first-order valence-corrected chi connectivity index (χ1v) is 10.2. The van der Waals surface area contributed by atoms with E-state index in [2.05, 4.69) is 5.32 Å². The SMILES string of the molecule is CC(=O)NCSC[C@H](N)C(=O)OCCS(=O)(=O)c1ccc([N+](=O)[O-])cc1. The van der Waals surface area contributed by atoms with E-state index in [1.165, 1.54) is 18.7 Å². The Morgan fingerprint density at radius 2 is 1.96 bits per heavy atom. The highest BCUT2D eigenvalue weighted by Crippen LogP contribution is 2.17. The maximum absolute atomic E-state index is 12.1. The highest BCUT2D eigenvalue weighted by molar-refractivity contribution is 7.99. The number of nitrogens with zero attached hydrogens (tertiary/aromatic N) is 1. The van der Waals surface area contributed by atoms with Crippen LogP contribution in [-0.2, 0) is 24.2 Å². The first-order chi connectivity index (χ1) is 12.1. The summed E-state index contributed by atoms with van der Waals surface area (Å²) in [6, 6.07) is 3.47. The average Bonchev–Trinajstić information content (AvgIpc) is 2.58. The number of benzene rings is 1. The number of amides is 1. The number of carbonyl (C=O) groups is 2. The van der Waals surface area contributed by atoms with Gasteiger partial charge in [0.2, 0.25) is 5.91 Å². The van der Waals surface area contributed by atoms with Crippen molar-refractivity contribution in [3.05, 3.63) is 34.4 Å². The molecular weight excluding hydrogens is 386 g/mol. The van der Waals surface area contributed by atoms with Crippen LogP contribution >= 0.6 is 11.8 Å². The zero-order valence-corrected chi connectivity index (χ0v) is 15.5. The molecule has 0 heterocycles. The molecule has 0 aliphatic rings. The van der Waals surface area contributed by atoms with Crippen molar-refractivity contribution in [3.63, 3.8) is 0 Å². The van der Waals surface area contributed by atoms with Gasteiger partial charge >= 0.3 is 5.97 Å². The Morgan fingerprint density at radius 3 is 2.50 bits per heavy atom. The molecule has 0 aliphatic heterocycles. The van der Waals surface area contributed by atoms with Gasteiger partial charge in [0.15, 0.2) is 9.84 Å². The van der Waals surface area contributed by atoms with E-state index in [1.54, 1.807) is 0 Å². The minimum Gasteiger partial charge on any atom is -0.463 e. The van der Waals surface area contributed by atoms with E-state index in [9.17, 15) is 28.1 Å². The van der Waals surface area contributed by atoms with Crippen LogP contribution in [0.25, 0.3) is 0 Å². The molecule has 0 fully saturated rings. The molecule has 1 aromatic rings. The monoisotopic (exact) mass is 405 g/mol. The number of esters is 1. The van der Waals surface area contributed by atoms with Crippen molar-refractivity contribution in [2.24, 2.45) is 5.73 Å². The van der Waals surface area contributed by atoms with Gasteiger partial charge in [-0.2, -0.15) is 0 Å². The number of nitrogens with two attached hydrogens (primary N) is 1. The van der Waals surface area contributed by atoms with Crippen LogP contribution in [0.4, 0.5) is 5.69 Å². The van der Waals surface area contributed by atoms with Crippen LogP contribution in [0.5, 0.6) is 0 Å². The molecule has 144 valence electrons. The second-order valence-corrected chi connectivity index (χ2v) is 8.23. The minimum atomic E-state index is -3.75. The number of sulfone groups is 1. The fourth-order valence-corrected chi connectivity index (χ4v) is 3.56. The molecule has 0 spiro atoms. The molecule has 1 atom stereocenters. The molecule has 12 heteroatoms. The van der Waals surface area contributed by atoms with Gasteiger partial charge in [0, 0.05) is 24.8 Å². The summed E-state index contributed by atoms with van der Waals surface area (Å²) in [6.45, 7) is 0.975. The number of nitro benzene ring substituents is 1. The molecule has 0 aromatic heterocycles. The quantitative estimate of drug-likeness (QED) is 0.180. The predicted octanol–water partition coefficient (Wildman–Crippen LogP) is 0.0658. The zero-order chi connectivity index (χ0) is 19.7. The Hall–Kier alpha value is -2.18. The highest BCUT2D eigenvalue weighted by atomic mass is 32.2. The van der Waals surface area contributed by atoms with Gasteiger partial charge in [-0.3, -0.25) is 19.7 Å². The minimum absolute atomic E-state index is 0.102. The van der Waals surface area contributed by atoms with Crippen LogP contribution in [-0.4, -0.2) is 55.2 Å². The lowest BCUT2D eigenvalue weighted by atomic mass is 10.3. The lowest BCUT2D eigenvalue weighted by Gasteiger charge is -2.11. The molecule has 10 nitrogen and oxygen atoms in total. The maximum Gasteiger partial charge on any atom is 0.323 e. The van der Waals surface area contributed by atoms with Crippen molar-refractivity contribution >= 4 is 39.2 Å². The normalized spacial score (nSPS) is 12.2. The Morgan fingerprint density at radius 1 is 1.35 bits per heavy atom. The van der Waals surface area contributed by atoms with Gasteiger partial charge in [-0.15, -0.1) is 11.8 Å². The van der Waals surface area contributed by atoms with Crippen LogP contribution < -0.4 is 11.1 Å². The fourth-order valence-electron chi connectivity index (χ4n) is 1.66. The first kappa shape index (κ1) is 21.9. The third kappa shape index (κ3) is 7.37. The van der Waals surface area contributed by atoms with Crippen LogP contribution in [0.1, 0.15) is 6.92 Å². The number of thioether (sulfide) groups is 1. The average molecular weight is 405 g/mol. The van der Waals surface area contributed by atoms with E-state index in [0.29, 0.717) is 5.88 Å². The van der Waals surface area contributed by atoms with Crippen molar-refractivity contribution in [2.75, 3.05) is 24.0 Å². The molecule has 26 heavy (non-hydrogen) atoms. The van der Waals surface area contributed by atoms with Gasteiger partial charge in [-0.1, -0.05) is 0 Å². The van der Waals surface area contributed by atoms with E-state index < -0.39 is 32.5 Å². The van der Waals surface area contributed by atoms with Crippen LogP contribution in [0.15, 0.2) is 29.2 Å². The fraction of sp³-hybridized carbons (Fsp3) is 0.429. The molecule has 1 rings (SSSR count). The molecule has 1 aromatic carbocycles. The van der Waals surface area contributed by atoms with E-state index in [-0.39, 0.29) is 28.8 Å². The summed E-state index contributed by atoms with van der Waals surface area (Å²) in [5, 5.41) is 13.1. The van der Waals surface area contributed by atoms with E-state index in [0.717, 1.165) is 24.3 Å². The van der Waals surface area contributed by atoms with Crippen molar-refractivity contribution in [3.8, 4) is 0 Å². The summed E-state index contributed by atoms with van der Waals surface area (Å²) < 4.78 is 29.1. The number of hydrogen-bond acceptors (Lipinski definition) is 9. The molecule has 0 saturated heterocycles. The summed E-state index contributed by atoms with van der Waals surface area (Å²) in [5.41, 5.74) is 5.39. The van der Waals surface area contributed by atoms with E-state index in [4.69, 9.17) is 10.5 Å². The van der Waals surface area contributed by atoms with Crippen molar-refractivity contribution in [1.29, 1.82) is 0 Å². The second kappa shape index (κ2) is 10.1. The van der Waals surface area contributed by atoms with E-state index in [1.807, 2.05) is 0 Å². The highest BCUT2D eigenvalue weighted by Gasteiger charge is 2.19. The smallest absolute Gasteiger partial charge is 0.323 e. The van der Waals surface area contributed by atoms with Gasteiger partial charge in [-0.05, 0) is 12.1 Å². The van der Waals surface area contributed by atoms with Crippen LogP contribution in [0.2, 0.25) is 0 Å². The molecule has 1 amide bonds. The first-order valence-electron chi connectivity index (χ1n) is 7.35. The largest absolute Gasteiger partial charge is 0.463 e. The number of nitro groups is 1. The van der Waals surface area contributed by atoms with Gasteiger partial charge in [0.25, 0.3) is 5.69 Å². The Balaban J connectivity index is 2.43. The Labute approximate surface area is 154 Å². The number of nitrogens with one attached hydrogen (secondary N) is 1. The Bertz CT molecular complexity index is 750. The molecular formula is C14H19N3O7S2. The maximum atomic E-state index is 12.1. The van der Waals surface area contributed by atoms with Crippen LogP contribution in [0, 0.1) is 10.1 Å². The summed E-state index contributed by atoms with van der Waals surface area (Å²) in [4.78, 5) is 32.2. The number of non-ortho nitro benzene ring substituents is 1. The predicted molar refractivity (Wildman–Crippen MR) is 95.2 cm³/mol. The van der Waals surface area contributed by atoms with Crippen molar-refractivity contribution in [2.45, 2.75) is 17.9 Å². The molecule has 0 radical (unpaired) electrons. The molecule has 3 N–H and O–H groups in total. The summed E-state index contributed by atoms with van der Waals surface area (Å²) in [7, 11) is -3.75. The van der Waals surface area contributed by atoms with Crippen molar-refractivity contribution in [1.82, 2.24) is 5.32 Å². The van der Waals surface area contributed by atoms with E-state index >= 15 is 0 Å². The van der Waals surface area contributed by atoms with Gasteiger partial charge in [0.1, 0.15) is 12.6 Å². The molecule has 0 aliphatic carbocycles. The lowest BCUT2D eigenvalue weighted by Crippen LogP contribution is -2.36. The summed E-state index contributed by atoms with van der Waals surface area (Å²) >= 11 is 1.23. The number of carbonyl (C=O) groups excluding carboxylic acids is 2. The van der Waals surface area contributed by atoms with Crippen molar-refractivity contribution < 1.29 is 27.7 Å². The standard InChI is InChI=1S/C14H19N3O7S2/c1-10(18)16-9-25-8-13(15)14(19)24-6-7-26(22,23)12-4-2-11(3-5-12)17(20)21/h2-5,13H,6-9,15H2,1H3,(H,16,18)/t13-/m0/s1. The van der Waals surface area contributed by atoms with Crippen LogP contribution in [0.3, 0.4) is 0 Å². The lowest BCUT2D eigenvalue weighted by molar-refractivity contribution is -0.384. The molecule has 0 bridgehead atoms. The molecule has 0 unspecified atom stereocenters. The summed E-state index contributed by atoms with van der Waals surface area (Å²) in [5.74, 6) is -0.925. The number of hydrogen-bond donors (Lipinski definition) is 2. The van der Waals surface area contributed by atoms with Gasteiger partial charge in [-0.25, -0.2) is 8.42 Å². The van der Waals surface area contributed by atoms with Gasteiger partial charge in [0.05, 0.1) is 21.4 Å². The third-order valence-electron chi connectivity index (χ3n) is 3.03. The third-order valence-corrected chi connectivity index (χ3v) is 5.66. The topological polar surface area (TPSA) is 159 Å². The number of ether oxygens (including phenoxy) is 1. The zero-order valence-electron chi connectivity index (χ0n) is 13.9. The Kier molecular flexibility index (Phi) is 8.48. The number of rotatable bonds is 10.